The van der Waals surface area contributed by atoms with E-state index in [-0.39, 0.29) is 13.2 Å². The fraction of sp³-hybridized carbons (Fsp3) is 0.348. The average Bonchev–Trinajstić information content (AvgIpc) is 3.10. The Hall–Kier alpha value is -3.03. The summed E-state index contributed by atoms with van der Waals surface area (Å²) in [5.74, 6) is 1.09. The van der Waals surface area contributed by atoms with Crippen LogP contribution in [0.4, 0.5) is 4.79 Å². The van der Waals surface area contributed by atoms with E-state index in [4.69, 9.17) is 14.2 Å². The zero-order chi connectivity index (χ0) is 22.1. The number of carbonyl (C=O) groups excluding carboxylic acids is 1. The Morgan fingerprint density at radius 2 is 1.60 bits per heavy atom. The predicted molar refractivity (Wildman–Crippen MR) is 114 cm³/mol. The van der Waals surface area contributed by atoms with Crippen LogP contribution in [0.3, 0.4) is 0 Å². The zero-order valence-electron chi connectivity index (χ0n) is 17.9. The van der Waals surface area contributed by atoms with E-state index in [9.17, 15) is 15.0 Å². The van der Waals surface area contributed by atoms with Gasteiger partial charge in [-0.25, -0.2) is 9.36 Å². The van der Waals surface area contributed by atoms with Crippen LogP contribution >= 0.6 is 0 Å². The first-order valence-electron chi connectivity index (χ1n) is 9.57. The maximum atomic E-state index is 13.2. The largest absolute Gasteiger partial charge is 0.497 e. The van der Waals surface area contributed by atoms with Crippen LogP contribution in [0.15, 0.2) is 36.4 Å². The molecule has 0 aliphatic heterocycles. The van der Waals surface area contributed by atoms with E-state index in [0.29, 0.717) is 44.8 Å². The lowest BCUT2D eigenvalue weighted by atomic mass is 10.0. The highest BCUT2D eigenvalue weighted by atomic mass is 16.6. The topological polar surface area (TPSA) is 90.2 Å². The third-order valence-corrected chi connectivity index (χ3v) is 4.73. The average molecular weight is 413 g/mol. The van der Waals surface area contributed by atoms with E-state index in [1.807, 2.05) is 0 Å². The van der Waals surface area contributed by atoms with Crippen molar-refractivity contribution in [3.63, 3.8) is 0 Å². The van der Waals surface area contributed by atoms with Crippen LogP contribution < -0.4 is 9.47 Å². The van der Waals surface area contributed by atoms with Crippen LogP contribution in [0.5, 0.6) is 11.5 Å². The highest BCUT2D eigenvalue weighted by Gasteiger charge is 2.25. The standard InChI is InChI=1S/C23H27NO6/c1-23(2,3)30-22(27)24-20-10-17(29-5)8-15(13-26)19(20)11-21(24)18-9-16(28-4)7-6-14(18)12-25/h6-11,25-26H,12-13H2,1-5H3. The molecule has 7 heteroatoms. The van der Waals surface area contributed by atoms with Gasteiger partial charge in [0.1, 0.15) is 17.1 Å². The van der Waals surface area contributed by atoms with E-state index in [1.165, 1.54) is 11.7 Å². The van der Waals surface area contributed by atoms with Crippen molar-refractivity contribution in [2.45, 2.75) is 39.6 Å². The Morgan fingerprint density at radius 3 is 2.17 bits per heavy atom. The Bertz CT molecular complexity index is 1080. The van der Waals surface area contributed by atoms with Crippen molar-refractivity contribution in [3.8, 4) is 22.8 Å². The maximum Gasteiger partial charge on any atom is 0.419 e. The van der Waals surface area contributed by atoms with Gasteiger partial charge in [-0.3, -0.25) is 0 Å². The van der Waals surface area contributed by atoms with Gasteiger partial charge in [0.2, 0.25) is 0 Å². The summed E-state index contributed by atoms with van der Waals surface area (Å²) in [4.78, 5) is 13.2. The molecule has 0 unspecified atom stereocenters. The molecule has 3 rings (SSSR count). The minimum Gasteiger partial charge on any atom is -0.497 e. The van der Waals surface area contributed by atoms with E-state index >= 15 is 0 Å². The summed E-state index contributed by atoms with van der Waals surface area (Å²) >= 11 is 0. The molecule has 1 aromatic heterocycles. The number of hydrogen-bond acceptors (Lipinski definition) is 6. The first-order valence-corrected chi connectivity index (χ1v) is 9.57. The number of aromatic nitrogens is 1. The number of fused-ring (bicyclic) bond motifs is 1. The van der Waals surface area contributed by atoms with Crippen LogP contribution in [0, 0.1) is 0 Å². The number of benzene rings is 2. The molecule has 0 aliphatic rings. The lowest BCUT2D eigenvalue weighted by Gasteiger charge is -2.21. The molecular weight excluding hydrogens is 386 g/mol. The van der Waals surface area contributed by atoms with Crippen LogP contribution in [-0.2, 0) is 18.0 Å². The fourth-order valence-corrected chi connectivity index (χ4v) is 3.36. The summed E-state index contributed by atoms with van der Waals surface area (Å²) in [5.41, 5.74) is 2.21. The summed E-state index contributed by atoms with van der Waals surface area (Å²) < 4.78 is 17.8. The van der Waals surface area contributed by atoms with Crippen molar-refractivity contribution < 1.29 is 29.2 Å². The molecule has 0 aliphatic carbocycles. The van der Waals surface area contributed by atoms with Gasteiger partial charge in [-0.1, -0.05) is 6.07 Å². The normalized spacial score (nSPS) is 11.6. The van der Waals surface area contributed by atoms with E-state index < -0.39 is 11.7 Å². The lowest BCUT2D eigenvalue weighted by Crippen LogP contribution is -2.27. The van der Waals surface area contributed by atoms with Gasteiger partial charge < -0.3 is 24.4 Å². The number of ether oxygens (including phenoxy) is 3. The molecule has 0 atom stereocenters. The molecule has 30 heavy (non-hydrogen) atoms. The second kappa shape index (κ2) is 8.38. The molecule has 0 radical (unpaired) electrons. The second-order valence-corrected chi connectivity index (χ2v) is 7.90. The first kappa shape index (κ1) is 21.7. The van der Waals surface area contributed by atoms with Gasteiger partial charge in [-0.05, 0) is 56.2 Å². The molecule has 2 aromatic carbocycles. The van der Waals surface area contributed by atoms with Crippen molar-refractivity contribution in [1.29, 1.82) is 0 Å². The molecule has 0 saturated heterocycles. The van der Waals surface area contributed by atoms with Gasteiger partial charge >= 0.3 is 6.09 Å². The second-order valence-electron chi connectivity index (χ2n) is 7.90. The Balaban J connectivity index is 2.39. The summed E-state index contributed by atoms with van der Waals surface area (Å²) in [5, 5.41) is 20.5. The van der Waals surface area contributed by atoms with Crippen molar-refractivity contribution in [3.05, 3.63) is 47.5 Å². The zero-order valence-corrected chi connectivity index (χ0v) is 17.9. The molecule has 0 fully saturated rings. The van der Waals surface area contributed by atoms with Crippen LogP contribution in [-0.4, -0.2) is 40.7 Å². The molecule has 1 heterocycles. The first-order chi connectivity index (χ1) is 14.2. The highest BCUT2D eigenvalue weighted by molar-refractivity contribution is 5.99. The van der Waals surface area contributed by atoms with Crippen molar-refractivity contribution in [2.75, 3.05) is 14.2 Å². The predicted octanol–water partition coefficient (Wildman–Crippen LogP) is 4.09. The van der Waals surface area contributed by atoms with Gasteiger partial charge in [-0.2, -0.15) is 0 Å². The summed E-state index contributed by atoms with van der Waals surface area (Å²) in [6.45, 7) is 4.93. The summed E-state index contributed by atoms with van der Waals surface area (Å²) in [6, 6.07) is 10.5. The fourth-order valence-electron chi connectivity index (χ4n) is 3.36. The highest BCUT2D eigenvalue weighted by Crippen LogP contribution is 2.36. The Morgan fingerprint density at radius 1 is 0.933 bits per heavy atom. The molecule has 0 saturated carbocycles. The molecular formula is C23H27NO6. The van der Waals surface area contributed by atoms with Crippen molar-refractivity contribution in [1.82, 2.24) is 4.57 Å². The van der Waals surface area contributed by atoms with Crippen molar-refractivity contribution in [2.24, 2.45) is 0 Å². The minimum atomic E-state index is -0.711. The minimum absolute atomic E-state index is 0.217. The van der Waals surface area contributed by atoms with Gasteiger partial charge in [0.05, 0.1) is 38.6 Å². The smallest absolute Gasteiger partial charge is 0.419 e. The van der Waals surface area contributed by atoms with Gasteiger partial charge in [0.15, 0.2) is 0 Å². The quantitative estimate of drug-likeness (QED) is 0.655. The number of aliphatic hydroxyl groups is 2. The van der Waals surface area contributed by atoms with Gasteiger partial charge in [-0.15, -0.1) is 0 Å². The number of methoxy groups -OCH3 is 2. The number of nitrogens with zero attached hydrogens (tertiary/aromatic N) is 1. The molecule has 2 N–H and O–H groups in total. The van der Waals surface area contributed by atoms with E-state index in [1.54, 1.807) is 64.3 Å². The Kier molecular flexibility index (Phi) is 6.05. The molecule has 0 bridgehead atoms. The molecule has 0 amide bonds. The number of hydrogen-bond donors (Lipinski definition) is 2. The maximum absolute atomic E-state index is 13.2. The SMILES string of the molecule is COc1ccc(CO)c(-c2cc3c(CO)cc(OC)cc3n2C(=O)OC(C)(C)C)c1. The van der Waals surface area contributed by atoms with Crippen molar-refractivity contribution >= 4 is 17.0 Å². The lowest BCUT2D eigenvalue weighted by molar-refractivity contribution is 0.0547. The third-order valence-electron chi connectivity index (χ3n) is 4.73. The number of carbonyl (C=O) groups is 1. The molecule has 3 aromatic rings. The van der Waals surface area contributed by atoms with Crippen LogP contribution in [0.1, 0.15) is 31.9 Å². The molecule has 7 nitrogen and oxygen atoms in total. The van der Waals surface area contributed by atoms with Crippen LogP contribution in [0.25, 0.3) is 22.2 Å². The Labute approximate surface area is 175 Å². The van der Waals surface area contributed by atoms with E-state index in [2.05, 4.69) is 0 Å². The van der Waals surface area contributed by atoms with Gasteiger partial charge in [0.25, 0.3) is 0 Å². The van der Waals surface area contributed by atoms with Gasteiger partial charge in [0, 0.05) is 17.0 Å². The summed E-state index contributed by atoms with van der Waals surface area (Å²) in [7, 11) is 3.08. The molecule has 160 valence electrons. The van der Waals surface area contributed by atoms with Crippen LogP contribution in [0.2, 0.25) is 0 Å². The van der Waals surface area contributed by atoms with E-state index in [0.717, 1.165) is 0 Å². The number of aliphatic hydroxyl groups excluding tert-OH is 2. The molecule has 0 spiro atoms. The number of rotatable bonds is 5. The monoisotopic (exact) mass is 413 g/mol. The summed E-state index contributed by atoms with van der Waals surface area (Å²) in [6.07, 6.45) is -0.573. The third kappa shape index (κ3) is 4.13.